The number of rotatable bonds is 14. The lowest BCUT2D eigenvalue weighted by atomic mass is 9.92. The predicted octanol–water partition coefficient (Wildman–Crippen LogP) is 6.81. The Morgan fingerprint density at radius 3 is 2.16 bits per heavy atom. The Labute approximate surface area is 331 Å². The molecule has 4 aromatic carbocycles. The second-order valence-electron chi connectivity index (χ2n) is 14.3. The lowest BCUT2D eigenvalue weighted by molar-refractivity contribution is -0.274. The summed E-state index contributed by atoms with van der Waals surface area (Å²) in [5.74, 6) is -0.705. The van der Waals surface area contributed by atoms with Crippen molar-refractivity contribution < 1.29 is 51.6 Å². The van der Waals surface area contributed by atoms with Gasteiger partial charge in [0.15, 0.2) is 5.60 Å². The molecule has 4 aromatic rings. The highest BCUT2D eigenvalue weighted by molar-refractivity contribution is 6.02. The molecule has 1 unspecified atom stereocenters. The van der Waals surface area contributed by atoms with Crippen molar-refractivity contribution in [1.82, 2.24) is 0 Å². The van der Waals surface area contributed by atoms with Crippen LogP contribution < -0.4 is 30.6 Å². The molecule has 7 rings (SSSR count). The first kappa shape index (κ1) is 39.8. The quantitative estimate of drug-likeness (QED) is 0.0786. The van der Waals surface area contributed by atoms with Gasteiger partial charge in [-0.3, -0.25) is 14.4 Å². The number of fused-ring (bicyclic) bond motifs is 2. The van der Waals surface area contributed by atoms with Gasteiger partial charge in [0.2, 0.25) is 11.8 Å². The molecule has 0 saturated carbocycles. The number of alkyl halides is 3. The molecule has 58 heavy (non-hydrogen) atoms. The largest absolute Gasteiger partial charge is 0.573 e. The first-order valence-electron chi connectivity index (χ1n) is 18.6. The van der Waals surface area contributed by atoms with Gasteiger partial charge in [-0.2, -0.15) is 5.26 Å². The zero-order valence-electron chi connectivity index (χ0n) is 31.3. The molecular formula is C43H39F3N4O8. The van der Waals surface area contributed by atoms with Gasteiger partial charge in [0, 0.05) is 52.8 Å². The molecule has 0 aliphatic carbocycles. The van der Waals surface area contributed by atoms with Crippen LogP contribution in [0.25, 0.3) is 22.3 Å². The van der Waals surface area contributed by atoms with Crippen LogP contribution in [0, 0.1) is 11.3 Å². The third-order valence-electron chi connectivity index (χ3n) is 10.5. The van der Waals surface area contributed by atoms with Crippen LogP contribution in [-0.4, -0.2) is 54.6 Å². The Bertz CT molecular complexity index is 2330. The van der Waals surface area contributed by atoms with Crippen molar-refractivity contribution in [3.8, 4) is 45.6 Å². The maximum atomic E-state index is 13.2. The minimum Gasteiger partial charge on any atom is -0.492 e. The zero-order valence-corrected chi connectivity index (χ0v) is 31.3. The molecule has 300 valence electrons. The number of ether oxygens (including phenoxy) is 4. The third kappa shape index (κ3) is 8.48. The zero-order chi connectivity index (χ0) is 41.2. The first-order chi connectivity index (χ1) is 27.8. The van der Waals surface area contributed by atoms with Crippen molar-refractivity contribution in [2.45, 2.75) is 63.5 Å². The summed E-state index contributed by atoms with van der Waals surface area (Å²) in [5.41, 5.74) is 10.6. The van der Waals surface area contributed by atoms with Crippen molar-refractivity contribution in [3.05, 3.63) is 101 Å². The second kappa shape index (κ2) is 16.2. The maximum Gasteiger partial charge on any atom is 0.573 e. The number of anilines is 2. The standard InChI is InChI=1S/C43H39F3N4O8/c1-24(3-2-4-38(53)49-36-20-32(40-30(15-18-56-40)34(36)22-51)27-9-11-28(12-10-27)58-43(44,45)46)25-5-7-26(8-6-25)31-19-35(33(21-47)29-14-17-55-39(29)31)50-41(54)42(23-57-42)16-13-37(48)52/h2,4-12,19-20,24,51H,3,13-18,22-23H2,1H3,(H2,48,52)(H,49,53)(H,50,54)/b4-2-/t24?,42-/m0/s1. The summed E-state index contributed by atoms with van der Waals surface area (Å²) in [4.78, 5) is 37.7. The fraction of sp³-hybridized carbons (Fsp3) is 0.302. The van der Waals surface area contributed by atoms with Gasteiger partial charge in [-0.1, -0.05) is 49.4 Å². The number of halogens is 3. The number of primary amides is 1. The Morgan fingerprint density at radius 1 is 0.966 bits per heavy atom. The number of carbonyl (C=O) groups excluding carboxylic acids is 3. The average molecular weight is 797 g/mol. The lowest BCUT2D eigenvalue weighted by Crippen LogP contribution is -2.33. The highest BCUT2D eigenvalue weighted by atomic mass is 19.4. The number of hydrogen-bond acceptors (Lipinski definition) is 9. The van der Waals surface area contributed by atoms with E-state index in [1.54, 1.807) is 18.2 Å². The number of nitrogens with zero attached hydrogens (tertiary/aromatic N) is 1. The Morgan fingerprint density at radius 2 is 1.57 bits per heavy atom. The van der Waals surface area contributed by atoms with Gasteiger partial charge in [-0.05, 0) is 65.8 Å². The van der Waals surface area contributed by atoms with Crippen molar-refractivity contribution in [3.63, 3.8) is 0 Å². The highest BCUT2D eigenvalue weighted by Crippen LogP contribution is 2.45. The summed E-state index contributed by atoms with van der Waals surface area (Å²) in [6.07, 6.45) is -0.0439. The molecule has 2 atom stereocenters. The van der Waals surface area contributed by atoms with E-state index in [0.717, 1.165) is 11.1 Å². The average Bonchev–Trinajstić information content (AvgIpc) is 3.55. The summed E-state index contributed by atoms with van der Waals surface area (Å²) < 4.78 is 59.3. The van der Waals surface area contributed by atoms with Crippen LogP contribution in [0.1, 0.15) is 59.9 Å². The second-order valence-corrected chi connectivity index (χ2v) is 14.3. The van der Waals surface area contributed by atoms with Gasteiger partial charge in [-0.15, -0.1) is 13.2 Å². The van der Waals surface area contributed by atoms with Gasteiger partial charge >= 0.3 is 6.36 Å². The molecule has 12 nitrogen and oxygen atoms in total. The number of nitrogens with two attached hydrogens (primary N) is 1. The van der Waals surface area contributed by atoms with Crippen LogP contribution >= 0.6 is 0 Å². The van der Waals surface area contributed by atoms with Gasteiger partial charge in [-0.25, -0.2) is 0 Å². The molecule has 0 bridgehead atoms. The summed E-state index contributed by atoms with van der Waals surface area (Å²) in [6.45, 7) is 2.54. The number of epoxide rings is 1. The van der Waals surface area contributed by atoms with E-state index >= 15 is 0 Å². The number of carbonyl (C=O) groups is 3. The van der Waals surface area contributed by atoms with Crippen LogP contribution in [-0.2, 0) is 38.6 Å². The molecule has 0 spiro atoms. The van der Waals surface area contributed by atoms with Crippen molar-refractivity contribution in [2.24, 2.45) is 5.73 Å². The maximum absolute atomic E-state index is 13.2. The lowest BCUT2D eigenvalue weighted by Gasteiger charge is -2.17. The number of nitrogens with one attached hydrogen (secondary N) is 2. The molecule has 1 fully saturated rings. The fourth-order valence-corrected chi connectivity index (χ4v) is 7.32. The number of aliphatic hydroxyl groups excluding tert-OH is 1. The van der Waals surface area contributed by atoms with Crippen molar-refractivity contribution in [2.75, 3.05) is 30.5 Å². The van der Waals surface area contributed by atoms with Gasteiger partial charge in [0.1, 0.15) is 23.3 Å². The van der Waals surface area contributed by atoms with Crippen molar-refractivity contribution >= 4 is 29.1 Å². The van der Waals surface area contributed by atoms with Crippen LogP contribution in [0.4, 0.5) is 24.5 Å². The van der Waals surface area contributed by atoms with Gasteiger partial charge in [0.25, 0.3) is 5.91 Å². The number of amides is 3. The van der Waals surface area contributed by atoms with Crippen LogP contribution in [0.2, 0.25) is 0 Å². The number of allylic oxidation sites excluding steroid dienone is 1. The van der Waals surface area contributed by atoms with E-state index in [1.807, 2.05) is 31.2 Å². The van der Waals surface area contributed by atoms with E-state index in [-0.39, 0.29) is 37.7 Å². The molecule has 5 N–H and O–H groups in total. The van der Waals surface area contributed by atoms with Gasteiger partial charge < -0.3 is 40.4 Å². The first-order valence-corrected chi connectivity index (χ1v) is 18.6. The summed E-state index contributed by atoms with van der Waals surface area (Å²) in [7, 11) is 0. The molecule has 0 radical (unpaired) electrons. The molecular weight excluding hydrogens is 757 g/mol. The molecule has 0 aromatic heterocycles. The normalized spacial score (nSPS) is 17.0. The Balaban J connectivity index is 1.03. The molecule has 3 amide bonds. The van der Waals surface area contributed by atoms with Crippen LogP contribution in [0.5, 0.6) is 17.2 Å². The predicted molar refractivity (Wildman–Crippen MR) is 206 cm³/mol. The minimum absolute atomic E-state index is 0.00654. The fourth-order valence-electron chi connectivity index (χ4n) is 7.32. The summed E-state index contributed by atoms with van der Waals surface area (Å²) in [5, 5.41) is 26.0. The molecule has 15 heteroatoms. The van der Waals surface area contributed by atoms with Crippen LogP contribution in [0.15, 0.2) is 72.8 Å². The van der Waals surface area contributed by atoms with E-state index in [4.69, 9.17) is 19.9 Å². The van der Waals surface area contributed by atoms with Crippen LogP contribution in [0.3, 0.4) is 0 Å². The Kier molecular flexibility index (Phi) is 11.2. The van der Waals surface area contributed by atoms with E-state index < -0.39 is 29.7 Å². The van der Waals surface area contributed by atoms with Gasteiger partial charge in [0.05, 0.1) is 37.7 Å². The van der Waals surface area contributed by atoms with E-state index in [0.29, 0.717) is 94.3 Å². The SMILES string of the molecule is CC(C/C=C\C(=O)Nc1cc(-c2ccc(OC(F)(F)F)cc2)c2c(c1CO)CCO2)c1ccc(-c2cc(NC(=O)[C@]3(CCC(N)=O)CO3)c(C#N)c3c2OCC3)cc1. The number of hydrogen-bond donors (Lipinski definition) is 4. The molecule has 1 saturated heterocycles. The third-order valence-corrected chi connectivity index (χ3v) is 10.5. The minimum atomic E-state index is -4.83. The van der Waals surface area contributed by atoms with E-state index in [9.17, 15) is 37.9 Å². The molecule has 3 heterocycles. The Hall–Kier alpha value is -6.37. The topological polar surface area (TPSA) is 186 Å². The van der Waals surface area contributed by atoms with Crippen molar-refractivity contribution in [1.29, 1.82) is 5.26 Å². The highest BCUT2D eigenvalue weighted by Gasteiger charge is 2.52. The summed E-state index contributed by atoms with van der Waals surface area (Å²) in [6, 6.07) is 18.7. The monoisotopic (exact) mass is 796 g/mol. The van der Waals surface area contributed by atoms with E-state index in [2.05, 4.69) is 21.4 Å². The number of benzene rings is 4. The smallest absolute Gasteiger partial charge is 0.492 e. The van der Waals surface area contributed by atoms with E-state index in [1.165, 1.54) is 30.3 Å². The number of nitriles is 1. The summed E-state index contributed by atoms with van der Waals surface area (Å²) >= 11 is 0. The number of aliphatic hydroxyl groups is 1. The molecule has 3 aliphatic rings. The molecule has 3 aliphatic heterocycles.